The van der Waals surface area contributed by atoms with Crippen LogP contribution in [-0.2, 0) is 5.75 Å². The highest BCUT2D eigenvalue weighted by Gasteiger charge is 2.04. The predicted octanol–water partition coefficient (Wildman–Crippen LogP) is 3.49. The normalized spacial score (nSPS) is 10.7. The second-order valence-corrected chi connectivity index (χ2v) is 5.55. The molecule has 0 fully saturated rings. The first-order chi connectivity index (χ1) is 6.74. The molecule has 0 bridgehead atoms. The number of rotatable bonds is 3. The summed E-state index contributed by atoms with van der Waals surface area (Å²) in [5.41, 5.74) is 1.07. The molecule has 6 heteroatoms. The third-order valence-corrected chi connectivity index (χ3v) is 4.00. The van der Waals surface area contributed by atoms with E-state index in [1.807, 2.05) is 18.4 Å². The number of thioether (sulfide) groups is 1. The number of hydrogen-bond donors (Lipinski definition) is 0. The Morgan fingerprint density at radius 3 is 3.07 bits per heavy atom. The fourth-order valence-corrected chi connectivity index (χ4v) is 2.94. The SMILES string of the molecule is Cc1csc(SCc2cc(Br)no2)n1. The molecule has 0 saturated carbocycles. The average Bonchev–Trinajstić information content (AvgIpc) is 2.72. The van der Waals surface area contributed by atoms with Gasteiger partial charge in [0, 0.05) is 17.1 Å². The second-order valence-electron chi connectivity index (χ2n) is 2.66. The van der Waals surface area contributed by atoms with E-state index in [0.29, 0.717) is 0 Å². The first-order valence-corrected chi connectivity index (χ1v) is 6.56. The van der Waals surface area contributed by atoms with Crippen LogP contribution >= 0.6 is 39.0 Å². The number of thiazole rings is 1. The molecule has 0 aliphatic carbocycles. The Bertz CT molecular complexity index is 386. The Kier molecular flexibility index (Phi) is 3.25. The third kappa shape index (κ3) is 2.59. The molecule has 0 atom stereocenters. The van der Waals surface area contributed by atoms with E-state index >= 15 is 0 Å². The standard InChI is InChI=1S/C8H7BrN2OS2/c1-5-3-13-8(10-5)14-4-6-2-7(9)11-12-6/h2-3H,4H2,1H3. The molecule has 74 valence electrons. The second kappa shape index (κ2) is 4.46. The molecular weight excluding hydrogens is 284 g/mol. The fourth-order valence-electron chi connectivity index (χ4n) is 0.887. The van der Waals surface area contributed by atoms with Crippen molar-refractivity contribution in [1.82, 2.24) is 10.1 Å². The van der Waals surface area contributed by atoms with Gasteiger partial charge in [-0.3, -0.25) is 0 Å². The molecule has 2 rings (SSSR count). The van der Waals surface area contributed by atoms with E-state index in [-0.39, 0.29) is 0 Å². The van der Waals surface area contributed by atoms with Crippen molar-refractivity contribution in [3.63, 3.8) is 0 Å². The van der Waals surface area contributed by atoms with Gasteiger partial charge in [0.25, 0.3) is 0 Å². The monoisotopic (exact) mass is 290 g/mol. The quantitative estimate of drug-likeness (QED) is 0.811. The van der Waals surface area contributed by atoms with Crippen LogP contribution in [0.5, 0.6) is 0 Å². The van der Waals surface area contributed by atoms with Crippen LogP contribution in [0.3, 0.4) is 0 Å². The number of halogens is 1. The van der Waals surface area contributed by atoms with Gasteiger partial charge in [0.15, 0.2) is 4.34 Å². The first-order valence-electron chi connectivity index (χ1n) is 3.90. The van der Waals surface area contributed by atoms with Crippen molar-refractivity contribution in [2.75, 3.05) is 0 Å². The Morgan fingerprint density at radius 2 is 2.50 bits per heavy atom. The van der Waals surface area contributed by atoms with Crippen molar-refractivity contribution >= 4 is 39.0 Å². The average molecular weight is 291 g/mol. The molecule has 0 saturated heterocycles. The third-order valence-electron chi connectivity index (χ3n) is 1.47. The van der Waals surface area contributed by atoms with E-state index in [9.17, 15) is 0 Å². The summed E-state index contributed by atoms with van der Waals surface area (Å²) in [4.78, 5) is 4.34. The van der Waals surface area contributed by atoms with E-state index in [0.717, 1.165) is 26.1 Å². The van der Waals surface area contributed by atoms with Gasteiger partial charge < -0.3 is 4.52 Å². The van der Waals surface area contributed by atoms with Gasteiger partial charge in [-0.25, -0.2) is 4.98 Å². The first kappa shape index (κ1) is 10.2. The molecule has 0 aliphatic rings. The smallest absolute Gasteiger partial charge is 0.150 e. The number of aromatic nitrogens is 2. The molecule has 2 aromatic heterocycles. The number of hydrogen-bond acceptors (Lipinski definition) is 5. The molecule has 3 nitrogen and oxygen atoms in total. The summed E-state index contributed by atoms with van der Waals surface area (Å²) in [7, 11) is 0. The summed E-state index contributed by atoms with van der Waals surface area (Å²) in [5.74, 6) is 1.63. The Labute approximate surface area is 98.0 Å². The van der Waals surface area contributed by atoms with Gasteiger partial charge in [-0.1, -0.05) is 16.9 Å². The topological polar surface area (TPSA) is 38.9 Å². The van der Waals surface area contributed by atoms with Crippen LogP contribution in [0, 0.1) is 6.92 Å². The molecule has 0 N–H and O–H groups in total. The molecule has 2 heterocycles. The minimum absolute atomic E-state index is 0.739. The molecule has 0 amide bonds. The van der Waals surface area contributed by atoms with Gasteiger partial charge in [-0.2, -0.15) is 0 Å². The zero-order valence-electron chi connectivity index (χ0n) is 7.36. The number of aryl methyl sites for hydroxylation is 1. The van der Waals surface area contributed by atoms with E-state index < -0.39 is 0 Å². The molecular formula is C8H7BrN2OS2. The van der Waals surface area contributed by atoms with Crippen molar-refractivity contribution in [3.8, 4) is 0 Å². The summed E-state index contributed by atoms with van der Waals surface area (Å²) in [5, 5.41) is 5.79. The molecule has 0 aromatic carbocycles. The molecule has 14 heavy (non-hydrogen) atoms. The Balaban J connectivity index is 1.94. The molecule has 0 aliphatic heterocycles. The molecule has 0 spiro atoms. The van der Waals surface area contributed by atoms with Crippen LogP contribution in [0.2, 0.25) is 0 Å². The Hall–Kier alpha value is -0.330. The van der Waals surface area contributed by atoms with E-state index in [4.69, 9.17) is 4.52 Å². The van der Waals surface area contributed by atoms with Crippen LogP contribution in [0.4, 0.5) is 0 Å². The lowest BCUT2D eigenvalue weighted by Crippen LogP contribution is -1.75. The molecule has 0 radical (unpaired) electrons. The Morgan fingerprint density at radius 1 is 1.64 bits per heavy atom. The van der Waals surface area contributed by atoms with Crippen LogP contribution in [-0.4, -0.2) is 10.1 Å². The van der Waals surface area contributed by atoms with Gasteiger partial charge in [-0.05, 0) is 22.9 Å². The highest BCUT2D eigenvalue weighted by atomic mass is 79.9. The summed E-state index contributed by atoms with van der Waals surface area (Å²) in [6, 6.07) is 1.87. The fraction of sp³-hybridized carbons (Fsp3) is 0.250. The minimum Gasteiger partial charge on any atom is -0.359 e. The van der Waals surface area contributed by atoms with Crippen molar-refractivity contribution in [1.29, 1.82) is 0 Å². The summed E-state index contributed by atoms with van der Waals surface area (Å²) >= 11 is 6.55. The lowest BCUT2D eigenvalue weighted by molar-refractivity contribution is 0.391. The van der Waals surface area contributed by atoms with Gasteiger partial charge in [0.2, 0.25) is 0 Å². The van der Waals surface area contributed by atoms with Crippen molar-refractivity contribution in [2.45, 2.75) is 17.0 Å². The zero-order valence-corrected chi connectivity index (χ0v) is 10.6. The number of nitrogens with zero attached hydrogens (tertiary/aromatic N) is 2. The van der Waals surface area contributed by atoms with Gasteiger partial charge in [0.05, 0.1) is 5.75 Å². The van der Waals surface area contributed by atoms with Gasteiger partial charge in [-0.15, -0.1) is 11.3 Å². The highest BCUT2D eigenvalue weighted by Crippen LogP contribution is 2.26. The summed E-state index contributed by atoms with van der Waals surface area (Å²) < 4.78 is 6.86. The van der Waals surface area contributed by atoms with E-state index in [1.54, 1.807) is 23.1 Å². The van der Waals surface area contributed by atoms with Crippen LogP contribution < -0.4 is 0 Å². The van der Waals surface area contributed by atoms with Crippen molar-refractivity contribution in [2.24, 2.45) is 0 Å². The highest BCUT2D eigenvalue weighted by molar-refractivity contribution is 9.10. The summed E-state index contributed by atoms with van der Waals surface area (Å²) in [6.45, 7) is 1.99. The van der Waals surface area contributed by atoms with E-state index in [1.165, 1.54) is 0 Å². The van der Waals surface area contributed by atoms with Crippen LogP contribution in [0.15, 0.2) is 24.9 Å². The van der Waals surface area contributed by atoms with Gasteiger partial charge in [0.1, 0.15) is 10.4 Å². The lowest BCUT2D eigenvalue weighted by atomic mass is 10.5. The van der Waals surface area contributed by atoms with Crippen LogP contribution in [0.1, 0.15) is 11.5 Å². The predicted molar refractivity (Wildman–Crippen MR) is 60.6 cm³/mol. The van der Waals surface area contributed by atoms with Crippen LogP contribution in [0.25, 0.3) is 0 Å². The van der Waals surface area contributed by atoms with Crippen molar-refractivity contribution in [3.05, 3.63) is 27.5 Å². The maximum Gasteiger partial charge on any atom is 0.150 e. The largest absolute Gasteiger partial charge is 0.359 e. The lowest BCUT2D eigenvalue weighted by Gasteiger charge is -1.90. The zero-order chi connectivity index (χ0) is 9.97. The van der Waals surface area contributed by atoms with E-state index in [2.05, 4.69) is 26.1 Å². The maximum absolute atomic E-state index is 5.05. The minimum atomic E-state index is 0.739. The van der Waals surface area contributed by atoms with Crippen molar-refractivity contribution < 1.29 is 4.52 Å². The maximum atomic E-state index is 5.05. The van der Waals surface area contributed by atoms with Gasteiger partial charge >= 0.3 is 0 Å². The molecule has 0 unspecified atom stereocenters. The molecule has 2 aromatic rings. The summed E-state index contributed by atoms with van der Waals surface area (Å²) in [6.07, 6.45) is 0.